The Kier molecular flexibility index (Phi) is 5.88. The van der Waals surface area contributed by atoms with Crippen LogP contribution in [0.1, 0.15) is 31.2 Å². The number of carbonyl (C=O) groups excluding carboxylic acids is 2. The number of nitrogens with zero attached hydrogens (tertiary/aromatic N) is 1. The molecule has 2 atom stereocenters. The predicted molar refractivity (Wildman–Crippen MR) is 92.2 cm³/mol. The van der Waals surface area contributed by atoms with Gasteiger partial charge < -0.3 is 20.3 Å². The van der Waals surface area contributed by atoms with E-state index < -0.39 is 23.8 Å². The van der Waals surface area contributed by atoms with E-state index in [2.05, 4.69) is 10.6 Å². The van der Waals surface area contributed by atoms with Crippen molar-refractivity contribution in [3.63, 3.8) is 0 Å². The molecule has 9 heteroatoms. The van der Waals surface area contributed by atoms with Gasteiger partial charge in [-0.1, -0.05) is 12.1 Å². The SMILES string of the molecule is O=C(NC[C@@H]1CCCO1)[C@H]1CCCN1C(=O)Nc1ccccc1C(F)(F)F. The lowest BCUT2D eigenvalue weighted by molar-refractivity contribution is -0.137. The van der Waals surface area contributed by atoms with Crippen molar-refractivity contribution in [2.24, 2.45) is 0 Å². The van der Waals surface area contributed by atoms with Gasteiger partial charge in [-0.2, -0.15) is 13.2 Å². The van der Waals surface area contributed by atoms with E-state index in [1.807, 2.05) is 0 Å². The summed E-state index contributed by atoms with van der Waals surface area (Å²) in [5.41, 5.74) is -1.24. The Labute approximate surface area is 155 Å². The third-order valence-electron chi connectivity index (χ3n) is 4.82. The number of likely N-dealkylation sites (tertiary alicyclic amines) is 1. The van der Waals surface area contributed by atoms with Crippen LogP contribution in [0.4, 0.5) is 23.7 Å². The standard InChI is InChI=1S/C18H22F3N3O3/c19-18(20,21)13-6-1-2-7-14(13)23-17(26)24-9-3-8-15(24)16(25)22-11-12-5-4-10-27-12/h1-2,6-7,12,15H,3-5,8-11H2,(H,22,25)(H,23,26)/t12-,15+/m0/s1. The van der Waals surface area contributed by atoms with E-state index in [4.69, 9.17) is 4.74 Å². The largest absolute Gasteiger partial charge is 0.418 e. The molecule has 0 radical (unpaired) electrons. The van der Waals surface area contributed by atoms with Crippen LogP contribution in [0, 0.1) is 0 Å². The number of amides is 3. The van der Waals surface area contributed by atoms with E-state index in [1.165, 1.54) is 23.1 Å². The smallest absolute Gasteiger partial charge is 0.376 e. The molecular weight excluding hydrogens is 363 g/mol. The van der Waals surface area contributed by atoms with Gasteiger partial charge in [0.25, 0.3) is 0 Å². The normalized spacial score (nSPS) is 22.7. The van der Waals surface area contributed by atoms with Crippen molar-refractivity contribution in [3.05, 3.63) is 29.8 Å². The second-order valence-electron chi connectivity index (χ2n) is 6.71. The number of hydrogen-bond donors (Lipinski definition) is 2. The minimum atomic E-state index is -4.58. The zero-order chi connectivity index (χ0) is 19.4. The summed E-state index contributed by atoms with van der Waals surface area (Å²) in [5.74, 6) is -0.303. The lowest BCUT2D eigenvalue weighted by Gasteiger charge is -2.25. The van der Waals surface area contributed by atoms with Crippen LogP contribution in [-0.4, -0.2) is 48.7 Å². The van der Waals surface area contributed by atoms with Crippen LogP contribution in [0.3, 0.4) is 0 Å². The third kappa shape index (κ3) is 4.71. The molecule has 0 saturated carbocycles. The summed E-state index contributed by atoms with van der Waals surface area (Å²) in [4.78, 5) is 26.2. The quantitative estimate of drug-likeness (QED) is 0.837. The zero-order valence-electron chi connectivity index (χ0n) is 14.7. The second-order valence-corrected chi connectivity index (χ2v) is 6.71. The summed E-state index contributed by atoms with van der Waals surface area (Å²) in [6.45, 7) is 1.37. The summed E-state index contributed by atoms with van der Waals surface area (Å²) >= 11 is 0. The van der Waals surface area contributed by atoms with Crippen LogP contribution >= 0.6 is 0 Å². The Hall–Kier alpha value is -2.29. The first-order valence-electron chi connectivity index (χ1n) is 8.99. The van der Waals surface area contributed by atoms with Crippen molar-refractivity contribution in [3.8, 4) is 0 Å². The molecule has 27 heavy (non-hydrogen) atoms. The lowest BCUT2D eigenvalue weighted by Crippen LogP contribution is -2.48. The molecule has 3 rings (SSSR count). The van der Waals surface area contributed by atoms with E-state index in [1.54, 1.807) is 0 Å². The molecule has 2 aliphatic heterocycles. The molecule has 1 aromatic carbocycles. The summed E-state index contributed by atoms with van der Waals surface area (Å²) in [7, 11) is 0. The second kappa shape index (κ2) is 8.16. The van der Waals surface area contributed by atoms with Crippen LogP contribution in [0.15, 0.2) is 24.3 Å². The van der Waals surface area contributed by atoms with E-state index in [9.17, 15) is 22.8 Å². The van der Waals surface area contributed by atoms with Gasteiger partial charge in [0.1, 0.15) is 6.04 Å². The van der Waals surface area contributed by atoms with Gasteiger partial charge in [-0.05, 0) is 37.8 Å². The Bertz CT molecular complexity index is 690. The maximum atomic E-state index is 13.1. The number of nitrogens with one attached hydrogen (secondary N) is 2. The first-order chi connectivity index (χ1) is 12.9. The number of urea groups is 1. The molecule has 0 spiro atoms. The minimum absolute atomic E-state index is 0.0173. The van der Waals surface area contributed by atoms with Gasteiger partial charge in [0.15, 0.2) is 0 Å². The molecule has 0 bridgehead atoms. The number of carbonyl (C=O) groups is 2. The highest BCUT2D eigenvalue weighted by Crippen LogP contribution is 2.35. The molecule has 0 aromatic heterocycles. The van der Waals surface area contributed by atoms with Crippen molar-refractivity contribution < 1.29 is 27.5 Å². The van der Waals surface area contributed by atoms with Gasteiger partial charge in [-0.15, -0.1) is 0 Å². The van der Waals surface area contributed by atoms with E-state index in [0.29, 0.717) is 32.5 Å². The van der Waals surface area contributed by atoms with Gasteiger partial charge in [-0.25, -0.2) is 4.79 Å². The molecule has 3 amide bonds. The summed E-state index contributed by atoms with van der Waals surface area (Å²) in [6, 6.07) is 3.39. The van der Waals surface area contributed by atoms with E-state index in [0.717, 1.165) is 18.9 Å². The van der Waals surface area contributed by atoms with Crippen LogP contribution in [-0.2, 0) is 15.7 Å². The Morgan fingerprint density at radius 2 is 1.96 bits per heavy atom. The molecule has 0 aliphatic carbocycles. The van der Waals surface area contributed by atoms with E-state index >= 15 is 0 Å². The summed E-state index contributed by atoms with van der Waals surface area (Å²) in [5, 5.41) is 5.09. The van der Waals surface area contributed by atoms with Gasteiger partial charge in [-0.3, -0.25) is 4.79 Å². The maximum Gasteiger partial charge on any atom is 0.418 e. The van der Waals surface area contributed by atoms with Gasteiger partial charge >= 0.3 is 12.2 Å². The molecule has 2 heterocycles. The van der Waals surface area contributed by atoms with Crippen molar-refractivity contribution in [2.75, 3.05) is 25.0 Å². The monoisotopic (exact) mass is 385 g/mol. The topological polar surface area (TPSA) is 70.7 Å². The fourth-order valence-corrected chi connectivity index (χ4v) is 3.45. The molecule has 1 aromatic rings. The van der Waals surface area contributed by atoms with Gasteiger partial charge in [0.05, 0.1) is 17.4 Å². The zero-order valence-corrected chi connectivity index (χ0v) is 14.7. The number of anilines is 1. The minimum Gasteiger partial charge on any atom is -0.376 e. The number of benzene rings is 1. The molecule has 6 nitrogen and oxygen atoms in total. The van der Waals surface area contributed by atoms with Gasteiger partial charge in [0, 0.05) is 19.7 Å². The number of hydrogen-bond acceptors (Lipinski definition) is 3. The highest BCUT2D eigenvalue weighted by atomic mass is 19.4. The fourth-order valence-electron chi connectivity index (χ4n) is 3.45. The van der Waals surface area contributed by atoms with Crippen molar-refractivity contribution in [2.45, 2.75) is 44.0 Å². The van der Waals surface area contributed by atoms with Crippen LogP contribution in [0.25, 0.3) is 0 Å². The Balaban J connectivity index is 1.63. The van der Waals surface area contributed by atoms with Crippen molar-refractivity contribution >= 4 is 17.6 Å². The van der Waals surface area contributed by atoms with Crippen LogP contribution in [0.5, 0.6) is 0 Å². The van der Waals surface area contributed by atoms with E-state index in [-0.39, 0.29) is 17.7 Å². The number of rotatable bonds is 4. The fraction of sp³-hybridized carbons (Fsp3) is 0.556. The molecule has 2 fully saturated rings. The van der Waals surface area contributed by atoms with Gasteiger partial charge in [0.2, 0.25) is 5.91 Å². The van der Waals surface area contributed by atoms with Crippen molar-refractivity contribution in [1.29, 1.82) is 0 Å². The highest BCUT2D eigenvalue weighted by molar-refractivity contribution is 5.94. The highest BCUT2D eigenvalue weighted by Gasteiger charge is 2.37. The molecule has 2 N–H and O–H groups in total. The number of ether oxygens (including phenoxy) is 1. The lowest BCUT2D eigenvalue weighted by atomic mass is 10.1. The maximum absolute atomic E-state index is 13.1. The Morgan fingerprint density at radius 1 is 1.19 bits per heavy atom. The molecule has 2 aliphatic rings. The van der Waals surface area contributed by atoms with Crippen LogP contribution in [0.2, 0.25) is 0 Å². The number of para-hydroxylation sites is 1. The van der Waals surface area contributed by atoms with Crippen LogP contribution < -0.4 is 10.6 Å². The average Bonchev–Trinajstić information content (AvgIpc) is 3.31. The van der Waals surface area contributed by atoms with Crippen molar-refractivity contribution in [1.82, 2.24) is 10.2 Å². The Morgan fingerprint density at radius 3 is 2.67 bits per heavy atom. The first-order valence-corrected chi connectivity index (χ1v) is 8.99. The molecule has 2 saturated heterocycles. The molecule has 148 valence electrons. The predicted octanol–water partition coefficient (Wildman–Crippen LogP) is 3.00. The molecular formula is C18H22F3N3O3. The third-order valence-corrected chi connectivity index (χ3v) is 4.82. The molecule has 0 unspecified atom stereocenters. The average molecular weight is 385 g/mol. The summed E-state index contributed by atoms with van der Waals surface area (Å²) in [6.07, 6.45) is -1.66. The summed E-state index contributed by atoms with van der Waals surface area (Å²) < 4.78 is 44.7. The number of halogens is 3. The first kappa shape index (κ1) is 19.5. The number of alkyl halides is 3.